The molecule has 14 heavy (non-hydrogen) atoms. The number of rotatable bonds is 6. The molecule has 0 spiro atoms. The Morgan fingerprint density at radius 2 is 1.86 bits per heavy atom. The van der Waals surface area contributed by atoms with Gasteiger partial charge in [0.25, 0.3) is 0 Å². The zero-order chi connectivity index (χ0) is 11.1. The fourth-order valence-corrected chi connectivity index (χ4v) is 1.02. The Hall–Kier alpha value is -1.06. The Labute approximate surface area is 85.2 Å². The molecule has 4 nitrogen and oxygen atoms in total. The summed E-state index contributed by atoms with van der Waals surface area (Å²) in [5.41, 5.74) is 5.11. The fraction of sp³-hybridized carbons (Fsp3) is 0.800. The van der Waals surface area contributed by atoms with Crippen LogP contribution in [0.25, 0.3) is 0 Å². The number of hydrogen-bond donors (Lipinski definition) is 2. The zero-order valence-corrected chi connectivity index (χ0v) is 9.17. The highest BCUT2D eigenvalue weighted by molar-refractivity contribution is 5.86. The molecule has 0 bridgehead atoms. The van der Waals surface area contributed by atoms with E-state index in [1.165, 1.54) is 0 Å². The van der Waals surface area contributed by atoms with Gasteiger partial charge >= 0.3 is 0 Å². The van der Waals surface area contributed by atoms with Crippen molar-refractivity contribution < 1.29 is 9.59 Å². The van der Waals surface area contributed by atoms with Crippen molar-refractivity contribution in [3.8, 4) is 0 Å². The van der Waals surface area contributed by atoms with Crippen LogP contribution in [0.2, 0.25) is 0 Å². The predicted molar refractivity (Wildman–Crippen MR) is 55.4 cm³/mol. The van der Waals surface area contributed by atoms with Gasteiger partial charge in [0.05, 0.1) is 0 Å². The topological polar surface area (TPSA) is 72.2 Å². The molecule has 0 saturated heterocycles. The van der Waals surface area contributed by atoms with Gasteiger partial charge in [-0.15, -0.1) is 0 Å². The van der Waals surface area contributed by atoms with Crippen molar-refractivity contribution >= 4 is 11.8 Å². The molecule has 0 saturated carbocycles. The molecule has 2 atom stereocenters. The highest BCUT2D eigenvalue weighted by Gasteiger charge is 2.23. The maximum Gasteiger partial charge on any atom is 0.223 e. The number of hydrogen-bond acceptors (Lipinski definition) is 2. The summed E-state index contributed by atoms with van der Waals surface area (Å²) in [5, 5.41) is 2.77. The van der Waals surface area contributed by atoms with Gasteiger partial charge in [-0.2, -0.15) is 0 Å². The Balaban J connectivity index is 3.92. The molecule has 0 aliphatic heterocycles. The lowest BCUT2D eigenvalue weighted by molar-refractivity contribution is -0.132. The van der Waals surface area contributed by atoms with Crippen LogP contribution < -0.4 is 11.1 Å². The molecule has 2 amide bonds. The molecule has 0 aliphatic carbocycles. The van der Waals surface area contributed by atoms with Gasteiger partial charge < -0.3 is 11.1 Å². The van der Waals surface area contributed by atoms with Crippen molar-refractivity contribution in [3.63, 3.8) is 0 Å². The van der Waals surface area contributed by atoms with Crippen LogP contribution in [0.3, 0.4) is 0 Å². The predicted octanol–water partition coefficient (Wildman–Crippen LogP) is 0.660. The molecule has 3 N–H and O–H groups in total. The van der Waals surface area contributed by atoms with Gasteiger partial charge in [-0.3, -0.25) is 9.59 Å². The molecule has 0 aromatic carbocycles. The molecule has 0 fully saturated rings. The third-order valence-electron chi connectivity index (χ3n) is 2.44. The third kappa shape index (κ3) is 4.25. The van der Waals surface area contributed by atoms with E-state index in [0.29, 0.717) is 6.54 Å². The van der Waals surface area contributed by atoms with Crippen molar-refractivity contribution in [2.75, 3.05) is 6.54 Å². The van der Waals surface area contributed by atoms with Crippen molar-refractivity contribution in [3.05, 3.63) is 0 Å². The van der Waals surface area contributed by atoms with E-state index in [1.807, 2.05) is 0 Å². The molecule has 0 heterocycles. The normalized spacial score (nSPS) is 14.5. The Bertz CT molecular complexity index is 204. The van der Waals surface area contributed by atoms with Crippen LogP contribution in [0.5, 0.6) is 0 Å². The standard InChI is InChI=1S/C10H20N2O2/c1-4-5-6-12-10(14)8(3)7(2)9(11)13/h7-8H,4-6H2,1-3H3,(H2,11,13)(H,12,14). The van der Waals surface area contributed by atoms with Crippen LogP contribution in [0, 0.1) is 11.8 Å². The van der Waals surface area contributed by atoms with Crippen LogP contribution in [0.15, 0.2) is 0 Å². The summed E-state index contributed by atoms with van der Waals surface area (Å²) in [5.74, 6) is -1.27. The summed E-state index contributed by atoms with van der Waals surface area (Å²) in [4.78, 5) is 22.3. The van der Waals surface area contributed by atoms with Gasteiger partial charge in [0, 0.05) is 18.4 Å². The highest BCUT2D eigenvalue weighted by Crippen LogP contribution is 2.09. The van der Waals surface area contributed by atoms with E-state index in [9.17, 15) is 9.59 Å². The fourth-order valence-electron chi connectivity index (χ4n) is 1.02. The molecule has 0 aromatic rings. The second-order valence-electron chi connectivity index (χ2n) is 3.62. The molecular formula is C10H20N2O2. The minimum atomic E-state index is -0.428. The number of primary amides is 1. The number of amides is 2. The first-order valence-corrected chi connectivity index (χ1v) is 5.07. The van der Waals surface area contributed by atoms with Crippen molar-refractivity contribution in [2.45, 2.75) is 33.6 Å². The largest absolute Gasteiger partial charge is 0.369 e. The van der Waals surface area contributed by atoms with Crippen molar-refractivity contribution in [1.82, 2.24) is 5.32 Å². The third-order valence-corrected chi connectivity index (χ3v) is 2.44. The molecule has 0 aromatic heterocycles. The maximum atomic E-state index is 11.4. The number of carbonyl (C=O) groups excluding carboxylic acids is 2. The monoisotopic (exact) mass is 200 g/mol. The second-order valence-corrected chi connectivity index (χ2v) is 3.62. The molecule has 0 aliphatic rings. The molecule has 0 rings (SSSR count). The van der Waals surface area contributed by atoms with E-state index in [-0.39, 0.29) is 11.8 Å². The first-order chi connectivity index (χ1) is 6.50. The van der Waals surface area contributed by atoms with E-state index in [4.69, 9.17) is 5.73 Å². The van der Waals surface area contributed by atoms with Crippen LogP contribution in [-0.4, -0.2) is 18.4 Å². The summed E-state index contributed by atoms with van der Waals surface area (Å²) in [6.07, 6.45) is 2.00. The van der Waals surface area contributed by atoms with Crippen LogP contribution in [-0.2, 0) is 9.59 Å². The minimum absolute atomic E-state index is 0.0928. The Kier molecular flexibility index (Phi) is 5.92. The van der Waals surface area contributed by atoms with E-state index in [0.717, 1.165) is 12.8 Å². The van der Waals surface area contributed by atoms with Crippen molar-refractivity contribution in [1.29, 1.82) is 0 Å². The average molecular weight is 200 g/mol. The first-order valence-electron chi connectivity index (χ1n) is 5.07. The zero-order valence-electron chi connectivity index (χ0n) is 9.17. The number of carbonyl (C=O) groups is 2. The lowest BCUT2D eigenvalue weighted by atomic mass is 9.94. The minimum Gasteiger partial charge on any atom is -0.369 e. The molecular weight excluding hydrogens is 180 g/mol. The summed E-state index contributed by atoms with van der Waals surface area (Å²) in [7, 11) is 0. The molecule has 82 valence electrons. The van der Waals surface area contributed by atoms with Gasteiger partial charge in [0.15, 0.2) is 0 Å². The SMILES string of the molecule is CCCCNC(=O)C(C)C(C)C(N)=O. The van der Waals surface area contributed by atoms with Gasteiger partial charge in [-0.05, 0) is 6.42 Å². The number of nitrogens with two attached hydrogens (primary N) is 1. The van der Waals surface area contributed by atoms with Crippen LogP contribution >= 0.6 is 0 Å². The second kappa shape index (κ2) is 6.40. The highest BCUT2D eigenvalue weighted by atomic mass is 16.2. The smallest absolute Gasteiger partial charge is 0.223 e. The van der Waals surface area contributed by atoms with Gasteiger partial charge in [-0.25, -0.2) is 0 Å². The molecule has 2 unspecified atom stereocenters. The summed E-state index contributed by atoms with van der Waals surface area (Å²) >= 11 is 0. The summed E-state index contributed by atoms with van der Waals surface area (Å²) in [6.45, 7) is 6.12. The van der Waals surface area contributed by atoms with Gasteiger partial charge in [0.2, 0.25) is 11.8 Å². The molecule has 0 radical (unpaired) electrons. The quantitative estimate of drug-likeness (QED) is 0.618. The maximum absolute atomic E-state index is 11.4. The van der Waals surface area contributed by atoms with E-state index in [1.54, 1.807) is 13.8 Å². The van der Waals surface area contributed by atoms with E-state index < -0.39 is 11.8 Å². The summed E-state index contributed by atoms with van der Waals surface area (Å²) in [6, 6.07) is 0. The lowest BCUT2D eigenvalue weighted by Crippen LogP contribution is -2.37. The number of unbranched alkanes of at least 4 members (excludes halogenated alkanes) is 1. The lowest BCUT2D eigenvalue weighted by Gasteiger charge is -2.16. The van der Waals surface area contributed by atoms with Gasteiger partial charge in [-0.1, -0.05) is 27.2 Å². The van der Waals surface area contributed by atoms with Crippen LogP contribution in [0.4, 0.5) is 0 Å². The van der Waals surface area contributed by atoms with E-state index >= 15 is 0 Å². The number of nitrogens with one attached hydrogen (secondary N) is 1. The summed E-state index contributed by atoms with van der Waals surface area (Å²) < 4.78 is 0. The average Bonchev–Trinajstić information content (AvgIpc) is 2.15. The molecule has 4 heteroatoms. The Morgan fingerprint density at radius 1 is 1.29 bits per heavy atom. The van der Waals surface area contributed by atoms with E-state index in [2.05, 4.69) is 12.2 Å². The van der Waals surface area contributed by atoms with Crippen molar-refractivity contribution in [2.24, 2.45) is 17.6 Å². The first kappa shape index (κ1) is 12.9. The Morgan fingerprint density at radius 3 is 2.29 bits per heavy atom. The van der Waals surface area contributed by atoms with Gasteiger partial charge in [0.1, 0.15) is 0 Å². The van der Waals surface area contributed by atoms with Crippen LogP contribution in [0.1, 0.15) is 33.6 Å².